The van der Waals surface area contributed by atoms with Gasteiger partial charge in [-0.25, -0.2) is 8.42 Å². The van der Waals surface area contributed by atoms with E-state index >= 15 is 0 Å². The Bertz CT molecular complexity index is 1850. The van der Waals surface area contributed by atoms with Crippen LogP contribution in [0.3, 0.4) is 0 Å². The van der Waals surface area contributed by atoms with Crippen molar-refractivity contribution in [2.75, 3.05) is 46.9 Å². The number of sulfonamides is 1. The van der Waals surface area contributed by atoms with E-state index in [2.05, 4.69) is 44.9 Å². The zero-order chi connectivity index (χ0) is 31.8. The molecule has 1 N–H and O–H groups in total. The third-order valence-corrected chi connectivity index (χ3v) is 11.9. The number of fused-ring (bicyclic) bond motifs is 3. The van der Waals surface area contributed by atoms with E-state index in [1.807, 2.05) is 42.6 Å². The first-order valence-corrected chi connectivity index (χ1v) is 17.8. The summed E-state index contributed by atoms with van der Waals surface area (Å²) in [5.74, 6) is 0.601. The van der Waals surface area contributed by atoms with Gasteiger partial charge in [-0.05, 0) is 90.2 Å². The van der Waals surface area contributed by atoms with Gasteiger partial charge in [0.1, 0.15) is 5.75 Å². The Morgan fingerprint density at radius 1 is 0.913 bits per heavy atom. The second kappa shape index (κ2) is 12.8. The molecule has 2 atom stereocenters. The van der Waals surface area contributed by atoms with Crippen LogP contribution in [0.15, 0.2) is 77.8 Å². The van der Waals surface area contributed by atoms with Gasteiger partial charge in [-0.1, -0.05) is 30.3 Å². The van der Waals surface area contributed by atoms with Gasteiger partial charge in [0.15, 0.2) is 0 Å². The lowest BCUT2D eigenvalue weighted by molar-refractivity contribution is -0.123. The lowest BCUT2D eigenvalue weighted by atomic mass is 9.87. The van der Waals surface area contributed by atoms with Crippen LogP contribution in [0.4, 0.5) is 0 Å². The number of nitrogens with zero attached hydrogens (tertiary/aromatic N) is 4. The second-order valence-electron chi connectivity index (χ2n) is 13.0. The first-order valence-electron chi connectivity index (χ1n) is 16.3. The van der Waals surface area contributed by atoms with Crippen LogP contribution >= 0.6 is 0 Å². The smallest absolute Gasteiger partial charge is 0.243 e. The molecule has 2 aliphatic heterocycles. The van der Waals surface area contributed by atoms with E-state index in [0.29, 0.717) is 13.1 Å². The minimum absolute atomic E-state index is 0.0291. The maximum absolute atomic E-state index is 14.1. The molecule has 10 heteroatoms. The van der Waals surface area contributed by atoms with Gasteiger partial charge in [0.25, 0.3) is 0 Å². The average Bonchev–Trinajstić information content (AvgIpc) is 3.55. The Labute approximate surface area is 271 Å². The molecule has 242 valence electrons. The fourth-order valence-corrected chi connectivity index (χ4v) is 8.94. The molecule has 1 amide bonds. The van der Waals surface area contributed by atoms with Crippen LogP contribution < -0.4 is 10.1 Å². The standard InChI is InChI=1S/C36H43N5O4S/c1-38-14-16-39(17-15-38)25-26-5-6-28-21-31(10-7-27(28)20-26)37-36(42)24-35-34-4-3-13-40(34)18-19-41(35)46(43,44)33-12-9-29-22-32(45-2)11-8-30(29)23-33/h3-6,8-9,11-13,20,22-23,31,35H,7,10,14-19,21,24-25H2,1-2H3,(H,37,42). The highest BCUT2D eigenvalue weighted by Gasteiger charge is 2.38. The zero-order valence-corrected chi connectivity index (χ0v) is 27.5. The summed E-state index contributed by atoms with van der Waals surface area (Å²) in [6.07, 6.45) is 4.63. The lowest BCUT2D eigenvalue weighted by Crippen LogP contribution is -2.45. The molecule has 3 aromatic carbocycles. The highest BCUT2D eigenvalue weighted by molar-refractivity contribution is 7.89. The summed E-state index contributed by atoms with van der Waals surface area (Å²) in [6, 6.07) is 20.9. The van der Waals surface area contributed by atoms with Gasteiger partial charge in [0.05, 0.1) is 18.0 Å². The number of methoxy groups -OCH3 is 1. The van der Waals surface area contributed by atoms with Gasteiger partial charge in [-0.2, -0.15) is 4.31 Å². The highest BCUT2D eigenvalue weighted by atomic mass is 32.2. The molecular formula is C36H43N5O4S. The molecule has 4 aromatic rings. The first kappa shape index (κ1) is 30.9. The number of benzene rings is 3. The molecule has 0 bridgehead atoms. The predicted molar refractivity (Wildman–Crippen MR) is 179 cm³/mol. The maximum Gasteiger partial charge on any atom is 0.243 e. The molecule has 46 heavy (non-hydrogen) atoms. The Kier molecular flexibility index (Phi) is 8.63. The Morgan fingerprint density at radius 3 is 2.54 bits per heavy atom. The van der Waals surface area contributed by atoms with Crippen LogP contribution in [0.1, 0.15) is 41.3 Å². The molecule has 1 fully saturated rings. The van der Waals surface area contributed by atoms with E-state index < -0.39 is 16.1 Å². The van der Waals surface area contributed by atoms with E-state index in [1.165, 1.54) is 21.0 Å². The predicted octanol–water partition coefficient (Wildman–Crippen LogP) is 4.21. The summed E-state index contributed by atoms with van der Waals surface area (Å²) in [5, 5.41) is 4.99. The minimum atomic E-state index is -3.87. The summed E-state index contributed by atoms with van der Waals surface area (Å²) in [6.45, 7) is 6.26. The number of ether oxygens (including phenoxy) is 1. The van der Waals surface area contributed by atoms with Crippen molar-refractivity contribution >= 4 is 26.7 Å². The fourth-order valence-electron chi connectivity index (χ4n) is 7.32. The van der Waals surface area contributed by atoms with Crippen LogP contribution in [0.5, 0.6) is 5.75 Å². The van der Waals surface area contributed by atoms with Gasteiger partial charge < -0.3 is 19.5 Å². The van der Waals surface area contributed by atoms with Gasteiger partial charge in [-0.3, -0.25) is 9.69 Å². The average molecular weight is 642 g/mol. The second-order valence-corrected chi connectivity index (χ2v) is 14.9. The van der Waals surface area contributed by atoms with Crippen molar-refractivity contribution in [3.63, 3.8) is 0 Å². The van der Waals surface area contributed by atoms with Crippen LogP contribution in [-0.2, 0) is 40.7 Å². The lowest BCUT2D eigenvalue weighted by Gasteiger charge is -2.36. The van der Waals surface area contributed by atoms with E-state index in [9.17, 15) is 13.2 Å². The maximum atomic E-state index is 14.1. The van der Waals surface area contributed by atoms with Crippen molar-refractivity contribution in [2.45, 2.75) is 55.8 Å². The van der Waals surface area contributed by atoms with Crippen LogP contribution in [0.2, 0.25) is 0 Å². The molecule has 1 aromatic heterocycles. The van der Waals surface area contributed by atoms with Crippen LogP contribution in [-0.4, -0.2) is 85.9 Å². The fraction of sp³-hybridized carbons (Fsp3) is 0.417. The number of carbonyl (C=O) groups excluding carboxylic acids is 1. The molecule has 9 nitrogen and oxygen atoms in total. The third kappa shape index (κ3) is 6.31. The molecule has 1 saturated heterocycles. The largest absolute Gasteiger partial charge is 0.497 e. The molecule has 1 aliphatic carbocycles. The molecular weight excluding hydrogens is 598 g/mol. The summed E-state index contributed by atoms with van der Waals surface area (Å²) in [5.41, 5.74) is 4.88. The number of likely N-dealkylation sites (N-methyl/N-ethyl adjacent to an activating group) is 1. The summed E-state index contributed by atoms with van der Waals surface area (Å²) >= 11 is 0. The van der Waals surface area contributed by atoms with Crippen molar-refractivity contribution in [2.24, 2.45) is 0 Å². The number of rotatable bonds is 8. The highest BCUT2D eigenvalue weighted by Crippen LogP contribution is 2.35. The number of piperazine rings is 1. The molecule has 3 heterocycles. The zero-order valence-electron chi connectivity index (χ0n) is 26.7. The normalized spacial score (nSPS) is 21.1. The quantitative estimate of drug-likeness (QED) is 0.311. The summed E-state index contributed by atoms with van der Waals surface area (Å²) in [4.78, 5) is 18.7. The topological polar surface area (TPSA) is 87.1 Å². The number of amides is 1. The number of aryl methyl sites for hydroxylation is 1. The number of nitrogens with one attached hydrogen (secondary N) is 1. The number of hydrogen-bond acceptors (Lipinski definition) is 6. The van der Waals surface area contributed by atoms with Gasteiger partial charge >= 0.3 is 0 Å². The third-order valence-electron chi connectivity index (χ3n) is 9.99. The number of hydrogen-bond donors (Lipinski definition) is 1. The summed E-state index contributed by atoms with van der Waals surface area (Å²) in [7, 11) is -0.0787. The Morgan fingerprint density at radius 2 is 1.72 bits per heavy atom. The molecule has 0 spiro atoms. The number of carbonyl (C=O) groups is 1. The van der Waals surface area contributed by atoms with Gasteiger partial charge in [0.2, 0.25) is 15.9 Å². The monoisotopic (exact) mass is 641 g/mol. The van der Waals surface area contributed by atoms with Crippen molar-refractivity contribution in [3.8, 4) is 5.75 Å². The van der Waals surface area contributed by atoms with Crippen molar-refractivity contribution in [1.82, 2.24) is 24.0 Å². The first-order chi connectivity index (χ1) is 22.3. The van der Waals surface area contributed by atoms with E-state index in [1.54, 1.807) is 19.2 Å². The molecule has 0 saturated carbocycles. The number of aromatic nitrogens is 1. The van der Waals surface area contributed by atoms with E-state index in [-0.39, 0.29) is 23.3 Å². The van der Waals surface area contributed by atoms with Crippen LogP contribution in [0, 0.1) is 0 Å². The van der Waals surface area contributed by atoms with Crippen molar-refractivity contribution < 1.29 is 17.9 Å². The SMILES string of the molecule is COc1ccc2cc(S(=O)(=O)N3CCn4cccc4C3CC(=O)NC3CCc4cc(CN5CCN(C)CC5)ccc4C3)ccc2c1. The van der Waals surface area contributed by atoms with Gasteiger partial charge in [-0.15, -0.1) is 0 Å². The molecule has 7 rings (SSSR count). The molecule has 3 aliphatic rings. The van der Waals surface area contributed by atoms with Gasteiger partial charge in [0, 0.05) is 70.2 Å². The Balaban J connectivity index is 1.04. The molecule has 2 unspecified atom stereocenters. The minimum Gasteiger partial charge on any atom is -0.497 e. The van der Waals surface area contributed by atoms with Crippen molar-refractivity contribution in [3.05, 3.63) is 95.3 Å². The van der Waals surface area contributed by atoms with E-state index in [0.717, 1.165) is 74.2 Å². The summed E-state index contributed by atoms with van der Waals surface area (Å²) < 4.78 is 37.2. The Hall–Kier alpha value is -3.70. The van der Waals surface area contributed by atoms with Crippen LogP contribution in [0.25, 0.3) is 10.8 Å². The van der Waals surface area contributed by atoms with Crippen molar-refractivity contribution in [1.29, 1.82) is 0 Å². The van der Waals surface area contributed by atoms with E-state index in [4.69, 9.17) is 4.74 Å². The molecule has 0 radical (unpaired) electrons.